The fourth-order valence-electron chi connectivity index (χ4n) is 2.51. The minimum absolute atomic E-state index is 0.353. The van der Waals surface area contributed by atoms with Crippen LogP contribution in [0.3, 0.4) is 0 Å². The van der Waals surface area contributed by atoms with Crippen molar-refractivity contribution >= 4 is 0 Å². The Labute approximate surface area is 128 Å². The zero-order valence-corrected chi connectivity index (χ0v) is 13.0. The predicted octanol–water partition coefficient (Wildman–Crippen LogP) is 4.64. The maximum atomic E-state index is 10.4. The van der Waals surface area contributed by atoms with Crippen molar-refractivity contribution in [3.63, 3.8) is 0 Å². The molecular weight excluding hydrogens is 258 g/mol. The molecule has 1 N–H and O–H groups in total. The molecule has 2 nitrogen and oxygen atoms in total. The topological polar surface area (TPSA) is 23.5 Å². The van der Waals surface area contributed by atoms with Gasteiger partial charge >= 0.3 is 0 Å². The van der Waals surface area contributed by atoms with Crippen molar-refractivity contribution in [1.82, 2.24) is 5.06 Å². The van der Waals surface area contributed by atoms with Gasteiger partial charge in [-0.3, -0.25) is 0 Å². The van der Waals surface area contributed by atoms with Gasteiger partial charge in [0, 0.05) is 6.54 Å². The molecule has 0 aliphatic carbocycles. The molecule has 0 aliphatic heterocycles. The van der Waals surface area contributed by atoms with Gasteiger partial charge in [0.2, 0.25) is 0 Å². The van der Waals surface area contributed by atoms with E-state index < -0.39 is 0 Å². The van der Waals surface area contributed by atoms with E-state index in [4.69, 9.17) is 0 Å². The smallest absolute Gasteiger partial charge is 0.0652 e. The maximum absolute atomic E-state index is 10.4. The Hall–Kier alpha value is -1.64. The van der Waals surface area contributed by atoms with E-state index in [1.807, 2.05) is 24.3 Å². The van der Waals surface area contributed by atoms with Crippen LogP contribution in [-0.2, 0) is 12.0 Å². The Morgan fingerprint density at radius 2 is 1.43 bits per heavy atom. The monoisotopic (exact) mass is 283 g/mol. The molecular formula is C19H25NO. The summed E-state index contributed by atoms with van der Waals surface area (Å²) in [5.41, 5.74) is 2.15. The molecule has 0 spiro atoms. The summed E-state index contributed by atoms with van der Waals surface area (Å²) in [6.07, 6.45) is 3.15. The first-order chi connectivity index (χ1) is 10.1. The quantitative estimate of drug-likeness (QED) is 0.591. The number of unbranched alkanes of at least 4 members (excludes halogenated alkanes) is 1. The Bertz CT molecular complexity index is 522. The number of aryl methyl sites for hydroxylation is 1. The molecule has 0 saturated carbocycles. The molecule has 2 heteroatoms. The van der Waals surface area contributed by atoms with Gasteiger partial charge in [-0.2, -0.15) is 5.06 Å². The Kier molecular flexibility index (Phi) is 5.54. The second kappa shape index (κ2) is 7.39. The zero-order valence-electron chi connectivity index (χ0n) is 13.0. The lowest BCUT2D eigenvalue weighted by Crippen LogP contribution is -2.39. The van der Waals surface area contributed by atoms with E-state index in [-0.39, 0.29) is 5.54 Å². The van der Waals surface area contributed by atoms with Crippen molar-refractivity contribution in [2.45, 2.75) is 38.6 Å². The highest BCUT2D eigenvalue weighted by molar-refractivity contribution is 5.22. The van der Waals surface area contributed by atoms with Crippen LogP contribution in [0.4, 0.5) is 0 Å². The number of hydrogen-bond donors (Lipinski definition) is 1. The third-order valence-electron chi connectivity index (χ3n) is 4.05. The molecule has 112 valence electrons. The predicted molar refractivity (Wildman–Crippen MR) is 87.3 cm³/mol. The molecule has 0 heterocycles. The molecule has 0 amide bonds. The number of nitrogens with zero attached hydrogens (tertiary/aromatic N) is 1. The van der Waals surface area contributed by atoms with E-state index in [0.717, 1.165) is 24.8 Å². The van der Waals surface area contributed by atoms with Crippen LogP contribution in [0.2, 0.25) is 0 Å². The standard InChI is InChI=1S/C19H25NO/c1-19(2,18-14-7-4-8-15-18)20(21)16-10-9-13-17-11-5-3-6-12-17/h3-8,11-12,14-15,21H,9-10,13,16H2,1-2H3. The van der Waals surface area contributed by atoms with Gasteiger partial charge in [0.05, 0.1) is 5.54 Å². The molecule has 0 bridgehead atoms. The summed E-state index contributed by atoms with van der Waals surface area (Å²) in [5.74, 6) is 0. The fraction of sp³-hybridized carbons (Fsp3) is 0.368. The molecule has 2 rings (SSSR count). The number of rotatable bonds is 7. The molecule has 0 atom stereocenters. The third-order valence-corrected chi connectivity index (χ3v) is 4.05. The zero-order chi connectivity index (χ0) is 15.1. The third kappa shape index (κ3) is 4.42. The molecule has 0 aromatic heterocycles. The summed E-state index contributed by atoms with van der Waals surface area (Å²) in [7, 11) is 0. The van der Waals surface area contributed by atoms with Gasteiger partial charge < -0.3 is 5.21 Å². The first kappa shape index (κ1) is 15.7. The lowest BCUT2D eigenvalue weighted by Gasteiger charge is -2.34. The van der Waals surface area contributed by atoms with Crippen molar-refractivity contribution in [2.24, 2.45) is 0 Å². The van der Waals surface area contributed by atoms with Crippen LogP contribution in [-0.4, -0.2) is 16.8 Å². The largest absolute Gasteiger partial charge is 0.313 e. The van der Waals surface area contributed by atoms with Crippen LogP contribution in [0.15, 0.2) is 60.7 Å². The highest BCUT2D eigenvalue weighted by atomic mass is 16.5. The average Bonchev–Trinajstić information content (AvgIpc) is 2.53. The highest BCUT2D eigenvalue weighted by Gasteiger charge is 2.26. The first-order valence-electron chi connectivity index (χ1n) is 7.66. The minimum atomic E-state index is -0.353. The molecule has 0 fully saturated rings. The van der Waals surface area contributed by atoms with E-state index in [2.05, 4.69) is 50.2 Å². The van der Waals surface area contributed by atoms with Gasteiger partial charge in [-0.05, 0) is 44.2 Å². The average molecular weight is 283 g/mol. The summed E-state index contributed by atoms with van der Waals surface area (Å²) in [6.45, 7) is 4.80. The van der Waals surface area contributed by atoms with E-state index >= 15 is 0 Å². The Morgan fingerprint density at radius 3 is 2.05 bits per heavy atom. The number of hydroxylamine groups is 2. The summed E-state index contributed by atoms with van der Waals surface area (Å²) < 4.78 is 0. The van der Waals surface area contributed by atoms with Gasteiger partial charge in [-0.25, -0.2) is 0 Å². The second-order valence-corrected chi connectivity index (χ2v) is 5.99. The maximum Gasteiger partial charge on any atom is 0.0652 e. The molecule has 0 aliphatic rings. The van der Waals surface area contributed by atoms with Crippen LogP contribution in [0.1, 0.15) is 37.8 Å². The first-order valence-corrected chi connectivity index (χ1v) is 7.66. The van der Waals surface area contributed by atoms with Crippen LogP contribution in [0.5, 0.6) is 0 Å². The summed E-state index contributed by atoms with van der Waals surface area (Å²) >= 11 is 0. The molecule has 0 radical (unpaired) electrons. The van der Waals surface area contributed by atoms with Crippen LogP contribution in [0, 0.1) is 0 Å². The van der Waals surface area contributed by atoms with Gasteiger partial charge in [-0.1, -0.05) is 60.7 Å². The van der Waals surface area contributed by atoms with Crippen LogP contribution in [0.25, 0.3) is 0 Å². The second-order valence-electron chi connectivity index (χ2n) is 5.99. The normalized spacial score (nSPS) is 11.8. The van der Waals surface area contributed by atoms with Crippen molar-refractivity contribution in [3.05, 3.63) is 71.8 Å². The molecule has 2 aromatic rings. The molecule has 0 unspecified atom stereocenters. The molecule has 2 aromatic carbocycles. The molecule has 0 saturated heterocycles. The van der Waals surface area contributed by atoms with Crippen molar-refractivity contribution < 1.29 is 5.21 Å². The van der Waals surface area contributed by atoms with Crippen LogP contribution < -0.4 is 0 Å². The van der Waals surface area contributed by atoms with E-state index in [1.165, 1.54) is 10.6 Å². The Balaban J connectivity index is 1.80. The lowest BCUT2D eigenvalue weighted by molar-refractivity contribution is -0.166. The number of benzene rings is 2. The lowest BCUT2D eigenvalue weighted by atomic mass is 9.93. The molecule has 21 heavy (non-hydrogen) atoms. The SMILES string of the molecule is CC(C)(c1ccccc1)N(O)CCCCc1ccccc1. The van der Waals surface area contributed by atoms with E-state index in [1.54, 1.807) is 0 Å². The van der Waals surface area contributed by atoms with Gasteiger partial charge in [0.15, 0.2) is 0 Å². The summed E-state index contributed by atoms with van der Waals surface area (Å²) in [6, 6.07) is 20.7. The van der Waals surface area contributed by atoms with Crippen molar-refractivity contribution in [3.8, 4) is 0 Å². The summed E-state index contributed by atoms with van der Waals surface area (Å²) in [4.78, 5) is 0. The highest BCUT2D eigenvalue weighted by Crippen LogP contribution is 2.26. The fourth-order valence-corrected chi connectivity index (χ4v) is 2.51. The van der Waals surface area contributed by atoms with E-state index in [9.17, 15) is 5.21 Å². The van der Waals surface area contributed by atoms with Gasteiger partial charge in [0.1, 0.15) is 0 Å². The van der Waals surface area contributed by atoms with Crippen LogP contribution >= 0.6 is 0 Å². The minimum Gasteiger partial charge on any atom is -0.313 e. The summed E-state index contributed by atoms with van der Waals surface area (Å²) in [5, 5.41) is 11.8. The van der Waals surface area contributed by atoms with Gasteiger partial charge in [-0.15, -0.1) is 0 Å². The van der Waals surface area contributed by atoms with Crippen molar-refractivity contribution in [1.29, 1.82) is 0 Å². The van der Waals surface area contributed by atoms with E-state index in [0.29, 0.717) is 6.54 Å². The Morgan fingerprint density at radius 1 is 0.857 bits per heavy atom. The number of hydrogen-bond acceptors (Lipinski definition) is 2. The van der Waals surface area contributed by atoms with Crippen molar-refractivity contribution in [2.75, 3.05) is 6.54 Å². The van der Waals surface area contributed by atoms with Gasteiger partial charge in [0.25, 0.3) is 0 Å².